The van der Waals surface area contributed by atoms with Crippen LogP contribution in [0.1, 0.15) is 34.1 Å². The molecule has 1 aromatic heterocycles. The summed E-state index contributed by atoms with van der Waals surface area (Å²) < 4.78 is 0. The number of amides is 2. The van der Waals surface area contributed by atoms with Crippen molar-refractivity contribution in [2.75, 3.05) is 11.9 Å². The summed E-state index contributed by atoms with van der Waals surface area (Å²) in [5.41, 5.74) is 3.57. The third-order valence-electron chi connectivity index (χ3n) is 4.31. The van der Waals surface area contributed by atoms with Crippen LogP contribution in [0.3, 0.4) is 0 Å². The van der Waals surface area contributed by atoms with Crippen LogP contribution in [0.5, 0.6) is 0 Å². The number of anilines is 1. The van der Waals surface area contributed by atoms with Crippen LogP contribution in [0.15, 0.2) is 24.3 Å². The first-order chi connectivity index (χ1) is 12.0. The lowest BCUT2D eigenvalue weighted by atomic mass is 10.0. The predicted molar refractivity (Wildman–Crippen MR) is 97.3 cm³/mol. The zero-order valence-electron chi connectivity index (χ0n) is 14.3. The highest BCUT2D eigenvalue weighted by Gasteiger charge is 2.26. The molecule has 6 heteroatoms. The lowest BCUT2D eigenvalue weighted by molar-refractivity contribution is -0.129. The van der Waals surface area contributed by atoms with Crippen LogP contribution in [0.4, 0.5) is 5.00 Å². The first kappa shape index (κ1) is 17.2. The average molecular weight is 353 g/mol. The van der Waals surface area contributed by atoms with Crippen molar-refractivity contribution in [1.29, 1.82) is 5.26 Å². The fourth-order valence-electron chi connectivity index (χ4n) is 3.06. The third-order valence-corrected chi connectivity index (χ3v) is 5.45. The first-order valence-electron chi connectivity index (χ1n) is 8.13. The molecule has 0 radical (unpaired) electrons. The van der Waals surface area contributed by atoms with Crippen LogP contribution in [-0.2, 0) is 29.0 Å². The number of benzene rings is 1. The molecule has 1 aliphatic rings. The first-order valence-corrected chi connectivity index (χ1v) is 8.95. The van der Waals surface area contributed by atoms with Gasteiger partial charge in [-0.1, -0.05) is 29.8 Å². The summed E-state index contributed by atoms with van der Waals surface area (Å²) >= 11 is 1.40. The Hall–Kier alpha value is -2.65. The summed E-state index contributed by atoms with van der Waals surface area (Å²) in [4.78, 5) is 26.7. The lowest BCUT2D eigenvalue weighted by Crippen LogP contribution is -2.33. The molecule has 0 aliphatic carbocycles. The number of thiophene rings is 1. The third kappa shape index (κ3) is 3.72. The van der Waals surface area contributed by atoms with Gasteiger partial charge in [0.25, 0.3) is 0 Å². The number of nitrogens with one attached hydrogen (secondary N) is 1. The van der Waals surface area contributed by atoms with E-state index in [0.717, 1.165) is 21.6 Å². The number of hydrogen-bond acceptors (Lipinski definition) is 4. The highest BCUT2D eigenvalue weighted by atomic mass is 32.1. The number of aryl methyl sites for hydroxylation is 1. The normalized spacial score (nSPS) is 13.1. The topological polar surface area (TPSA) is 73.2 Å². The minimum Gasteiger partial charge on any atom is -0.337 e. The molecule has 2 amide bonds. The minimum absolute atomic E-state index is 0.0302. The molecule has 1 N–H and O–H groups in total. The molecule has 3 rings (SSSR count). The van der Waals surface area contributed by atoms with Crippen LogP contribution < -0.4 is 5.32 Å². The van der Waals surface area contributed by atoms with Gasteiger partial charge in [-0.2, -0.15) is 5.26 Å². The van der Waals surface area contributed by atoms with Gasteiger partial charge in [-0.25, -0.2) is 0 Å². The summed E-state index contributed by atoms with van der Waals surface area (Å²) in [7, 11) is 0. The Morgan fingerprint density at radius 3 is 2.88 bits per heavy atom. The molecule has 0 saturated carbocycles. The lowest BCUT2D eigenvalue weighted by Gasteiger charge is -2.25. The Morgan fingerprint density at radius 1 is 1.40 bits per heavy atom. The summed E-state index contributed by atoms with van der Waals surface area (Å²) in [6.07, 6.45) is 0.927. The zero-order valence-corrected chi connectivity index (χ0v) is 15.1. The Bertz CT molecular complexity index is 879. The van der Waals surface area contributed by atoms with Gasteiger partial charge in [0.2, 0.25) is 11.8 Å². The fraction of sp³-hybridized carbons (Fsp3) is 0.316. The quantitative estimate of drug-likeness (QED) is 0.922. The molecule has 0 bridgehead atoms. The van der Waals surface area contributed by atoms with Crippen molar-refractivity contribution in [3.05, 3.63) is 51.4 Å². The standard InChI is InChI=1S/C19H19N3O2S/c1-12-4-3-5-14(8-12)9-18(24)21-19-16(10-20)15-6-7-22(13(2)23)11-17(15)25-19/h3-5,8H,6-7,9,11H2,1-2H3,(H,21,24). The minimum atomic E-state index is -0.135. The molecule has 25 heavy (non-hydrogen) atoms. The summed E-state index contributed by atoms with van der Waals surface area (Å²) in [5.74, 6) is -0.105. The summed E-state index contributed by atoms with van der Waals surface area (Å²) in [6.45, 7) is 4.67. The number of nitriles is 1. The van der Waals surface area contributed by atoms with Crippen molar-refractivity contribution in [2.24, 2.45) is 0 Å². The molecule has 2 heterocycles. The molecular formula is C19H19N3O2S. The van der Waals surface area contributed by atoms with Gasteiger partial charge in [-0.15, -0.1) is 11.3 Å². The number of carbonyl (C=O) groups is 2. The van der Waals surface area contributed by atoms with Gasteiger partial charge in [0.1, 0.15) is 11.1 Å². The molecule has 0 fully saturated rings. The second kappa shape index (κ2) is 7.08. The van der Waals surface area contributed by atoms with Gasteiger partial charge in [0.05, 0.1) is 18.5 Å². The second-order valence-corrected chi connectivity index (χ2v) is 7.33. The average Bonchev–Trinajstić information content (AvgIpc) is 2.90. The molecule has 5 nitrogen and oxygen atoms in total. The van der Waals surface area contributed by atoms with Crippen LogP contribution in [0.2, 0.25) is 0 Å². The maximum Gasteiger partial charge on any atom is 0.229 e. The van der Waals surface area contributed by atoms with E-state index in [4.69, 9.17) is 0 Å². The van der Waals surface area contributed by atoms with Gasteiger partial charge in [-0.05, 0) is 24.5 Å². The van der Waals surface area contributed by atoms with Gasteiger partial charge < -0.3 is 10.2 Å². The molecule has 0 atom stereocenters. The van der Waals surface area contributed by atoms with E-state index in [2.05, 4.69) is 11.4 Å². The maximum absolute atomic E-state index is 12.4. The smallest absolute Gasteiger partial charge is 0.229 e. The molecule has 1 aromatic carbocycles. The van der Waals surface area contributed by atoms with Crippen molar-refractivity contribution in [2.45, 2.75) is 33.2 Å². The molecule has 0 unspecified atom stereocenters. The number of fused-ring (bicyclic) bond motifs is 1. The molecule has 0 saturated heterocycles. The van der Waals surface area contributed by atoms with Crippen molar-refractivity contribution < 1.29 is 9.59 Å². The van der Waals surface area contributed by atoms with Crippen molar-refractivity contribution in [3.63, 3.8) is 0 Å². The van der Waals surface area contributed by atoms with Gasteiger partial charge >= 0.3 is 0 Å². The van der Waals surface area contributed by atoms with E-state index in [0.29, 0.717) is 30.1 Å². The number of nitrogens with zero attached hydrogens (tertiary/aromatic N) is 2. The van der Waals surface area contributed by atoms with E-state index in [1.54, 1.807) is 11.8 Å². The maximum atomic E-state index is 12.4. The molecule has 1 aliphatic heterocycles. The number of rotatable bonds is 3. The van der Waals surface area contributed by atoms with Gasteiger partial charge in [-0.3, -0.25) is 9.59 Å². The Balaban J connectivity index is 1.78. The van der Waals surface area contributed by atoms with Crippen molar-refractivity contribution in [3.8, 4) is 6.07 Å². The Morgan fingerprint density at radius 2 is 2.20 bits per heavy atom. The largest absolute Gasteiger partial charge is 0.337 e. The Kier molecular flexibility index (Phi) is 4.86. The fourth-order valence-corrected chi connectivity index (χ4v) is 4.29. The van der Waals surface area contributed by atoms with Crippen LogP contribution in [0.25, 0.3) is 0 Å². The van der Waals surface area contributed by atoms with Gasteiger partial charge in [0, 0.05) is 18.3 Å². The SMILES string of the molecule is CC(=O)N1CCc2c(sc(NC(=O)Cc3cccc(C)c3)c2C#N)C1. The van der Waals surface area contributed by atoms with E-state index in [1.807, 2.05) is 31.2 Å². The number of hydrogen-bond donors (Lipinski definition) is 1. The molecule has 128 valence electrons. The van der Waals surface area contributed by atoms with E-state index in [-0.39, 0.29) is 18.2 Å². The highest BCUT2D eigenvalue weighted by Crippen LogP contribution is 2.36. The summed E-state index contributed by atoms with van der Waals surface area (Å²) in [6, 6.07) is 10.0. The van der Waals surface area contributed by atoms with E-state index >= 15 is 0 Å². The van der Waals surface area contributed by atoms with Crippen LogP contribution >= 0.6 is 11.3 Å². The monoisotopic (exact) mass is 353 g/mol. The van der Waals surface area contributed by atoms with Crippen molar-refractivity contribution in [1.82, 2.24) is 4.90 Å². The van der Waals surface area contributed by atoms with E-state index < -0.39 is 0 Å². The van der Waals surface area contributed by atoms with E-state index in [1.165, 1.54) is 11.3 Å². The van der Waals surface area contributed by atoms with Crippen molar-refractivity contribution >= 4 is 28.2 Å². The van der Waals surface area contributed by atoms with Crippen LogP contribution in [0, 0.1) is 18.3 Å². The van der Waals surface area contributed by atoms with E-state index in [9.17, 15) is 14.9 Å². The molecule has 0 spiro atoms. The highest BCUT2D eigenvalue weighted by molar-refractivity contribution is 7.16. The molecule has 2 aromatic rings. The Labute approximate surface area is 150 Å². The van der Waals surface area contributed by atoms with Gasteiger partial charge in [0.15, 0.2) is 0 Å². The molecular weight excluding hydrogens is 334 g/mol. The van der Waals surface area contributed by atoms with Crippen LogP contribution in [-0.4, -0.2) is 23.3 Å². The number of carbonyl (C=O) groups excluding carboxylic acids is 2. The zero-order chi connectivity index (χ0) is 18.0. The summed E-state index contributed by atoms with van der Waals surface area (Å²) in [5, 5.41) is 13.0. The second-order valence-electron chi connectivity index (χ2n) is 6.22. The predicted octanol–water partition coefficient (Wildman–Crippen LogP) is 3.01.